The van der Waals surface area contributed by atoms with Crippen molar-refractivity contribution in [3.05, 3.63) is 11.6 Å². The number of fused-ring (bicyclic) bond motifs is 1. The minimum Gasteiger partial charge on any atom is -0.394 e. The van der Waals surface area contributed by atoms with Gasteiger partial charge in [-0.05, 0) is 24.4 Å². The van der Waals surface area contributed by atoms with Crippen LogP contribution in [-0.2, 0) is 9.47 Å². The molecule has 3 N–H and O–H groups in total. The highest BCUT2D eigenvalue weighted by Gasteiger charge is 2.45. The number of imidazole rings is 1. The standard InChI is InChI=1S/C16H22ClN5O4/c1-25-12-11(24)9(6-23)26-15(12)22-7-18-10-13(19-8-4-2-3-5-8)20-16(17)21-14(10)22/h7-9,11-12,15,23-24H,2-6H2,1H3,(H,19,20,21)/t9-,11-,12-,15-/m1/s1. The highest BCUT2D eigenvalue weighted by Crippen LogP contribution is 2.34. The van der Waals surface area contributed by atoms with E-state index in [2.05, 4.69) is 20.3 Å². The Hall–Kier alpha value is -1.52. The van der Waals surface area contributed by atoms with E-state index >= 15 is 0 Å². The number of aliphatic hydroxyl groups excluding tert-OH is 2. The van der Waals surface area contributed by atoms with Crippen molar-refractivity contribution >= 4 is 28.6 Å². The minimum atomic E-state index is -0.958. The molecule has 4 rings (SSSR count). The van der Waals surface area contributed by atoms with Gasteiger partial charge in [0.2, 0.25) is 5.28 Å². The van der Waals surface area contributed by atoms with Gasteiger partial charge < -0.3 is 25.0 Å². The van der Waals surface area contributed by atoms with Gasteiger partial charge in [-0.2, -0.15) is 9.97 Å². The first-order chi connectivity index (χ1) is 12.6. The number of anilines is 1. The highest BCUT2D eigenvalue weighted by molar-refractivity contribution is 6.28. The van der Waals surface area contributed by atoms with Crippen LogP contribution in [0.2, 0.25) is 5.28 Å². The third-order valence-corrected chi connectivity index (χ3v) is 5.30. The fourth-order valence-electron chi connectivity index (χ4n) is 3.79. The second-order valence-corrected chi connectivity index (χ2v) is 7.07. The number of hydrogen-bond acceptors (Lipinski definition) is 8. The molecule has 0 amide bonds. The number of rotatable bonds is 5. The summed E-state index contributed by atoms with van der Waals surface area (Å²) in [5, 5.41) is 23.2. The average Bonchev–Trinajstić information content (AvgIpc) is 3.33. The summed E-state index contributed by atoms with van der Waals surface area (Å²) >= 11 is 6.13. The SMILES string of the molecule is CO[C@@H]1[C@H](O)[C@@H](CO)O[C@H]1n1cnc2c(NC3CCCC3)nc(Cl)nc21. The van der Waals surface area contributed by atoms with Gasteiger partial charge in [-0.3, -0.25) is 4.57 Å². The number of nitrogens with zero attached hydrogens (tertiary/aromatic N) is 4. The summed E-state index contributed by atoms with van der Waals surface area (Å²) in [5.41, 5.74) is 1.07. The third kappa shape index (κ3) is 3.03. The molecular formula is C16H22ClN5O4. The van der Waals surface area contributed by atoms with Gasteiger partial charge in [0, 0.05) is 13.2 Å². The van der Waals surface area contributed by atoms with Gasteiger partial charge in [0.1, 0.15) is 18.3 Å². The zero-order valence-corrected chi connectivity index (χ0v) is 15.1. The summed E-state index contributed by atoms with van der Waals surface area (Å²) in [6.45, 7) is -0.311. The van der Waals surface area contributed by atoms with Crippen molar-refractivity contribution in [2.24, 2.45) is 0 Å². The number of aromatic nitrogens is 4. The van der Waals surface area contributed by atoms with Crippen molar-refractivity contribution in [3.8, 4) is 0 Å². The van der Waals surface area contributed by atoms with E-state index in [0.717, 1.165) is 12.8 Å². The fraction of sp³-hybridized carbons (Fsp3) is 0.688. The molecule has 9 nitrogen and oxygen atoms in total. The van der Waals surface area contributed by atoms with Crippen LogP contribution in [0.25, 0.3) is 11.2 Å². The Morgan fingerprint density at radius 1 is 1.38 bits per heavy atom. The summed E-state index contributed by atoms with van der Waals surface area (Å²) < 4.78 is 12.8. The summed E-state index contributed by atoms with van der Waals surface area (Å²) in [5.74, 6) is 0.594. The Kier molecular flexibility index (Phi) is 4.98. The lowest BCUT2D eigenvalue weighted by atomic mass is 10.1. The molecule has 1 saturated carbocycles. The van der Waals surface area contributed by atoms with Gasteiger partial charge in [0.25, 0.3) is 0 Å². The molecule has 1 aliphatic heterocycles. The van der Waals surface area contributed by atoms with E-state index in [9.17, 15) is 10.2 Å². The maximum Gasteiger partial charge on any atom is 0.226 e. The first kappa shape index (κ1) is 17.9. The molecule has 0 unspecified atom stereocenters. The number of nitrogens with one attached hydrogen (secondary N) is 1. The van der Waals surface area contributed by atoms with Crippen molar-refractivity contribution in [3.63, 3.8) is 0 Å². The van der Waals surface area contributed by atoms with Gasteiger partial charge in [-0.1, -0.05) is 12.8 Å². The van der Waals surface area contributed by atoms with Gasteiger partial charge in [-0.25, -0.2) is 4.98 Å². The van der Waals surface area contributed by atoms with Crippen molar-refractivity contribution in [2.45, 2.75) is 56.3 Å². The van der Waals surface area contributed by atoms with Crippen LogP contribution in [0, 0.1) is 0 Å². The van der Waals surface area contributed by atoms with E-state index in [0.29, 0.717) is 23.0 Å². The smallest absolute Gasteiger partial charge is 0.226 e. The van der Waals surface area contributed by atoms with Crippen molar-refractivity contribution in [1.29, 1.82) is 0 Å². The van der Waals surface area contributed by atoms with Gasteiger partial charge in [-0.15, -0.1) is 0 Å². The van der Waals surface area contributed by atoms with Crippen LogP contribution in [0.5, 0.6) is 0 Å². The molecule has 0 radical (unpaired) electrons. The molecule has 10 heteroatoms. The normalized spacial score (nSPS) is 29.7. The van der Waals surface area contributed by atoms with Crippen LogP contribution >= 0.6 is 11.6 Å². The number of methoxy groups -OCH3 is 1. The minimum absolute atomic E-state index is 0.103. The van der Waals surface area contributed by atoms with Crippen LogP contribution in [-0.4, -0.2) is 67.8 Å². The van der Waals surface area contributed by atoms with Crippen LogP contribution in [0.15, 0.2) is 6.33 Å². The van der Waals surface area contributed by atoms with E-state index < -0.39 is 24.5 Å². The summed E-state index contributed by atoms with van der Waals surface area (Å²) in [6.07, 6.45) is 3.10. The average molecular weight is 384 g/mol. The van der Waals surface area contributed by atoms with Crippen molar-refractivity contribution < 1.29 is 19.7 Å². The van der Waals surface area contributed by atoms with E-state index in [4.69, 9.17) is 21.1 Å². The summed E-state index contributed by atoms with van der Waals surface area (Å²) in [6, 6.07) is 0.351. The second kappa shape index (κ2) is 7.24. The maximum atomic E-state index is 10.3. The monoisotopic (exact) mass is 383 g/mol. The molecule has 1 saturated heterocycles. The number of aliphatic hydroxyl groups is 2. The zero-order valence-electron chi connectivity index (χ0n) is 14.4. The number of ether oxygens (including phenoxy) is 2. The molecule has 2 fully saturated rings. The van der Waals surface area contributed by atoms with E-state index in [-0.39, 0.29) is 11.9 Å². The Bertz CT molecular complexity index is 781. The first-order valence-corrected chi connectivity index (χ1v) is 9.14. The Labute approximate surface area is 155 Å². The molecule has 3 heterocycles. The van der Waals surface area contributed by atoms with Gasteiger partial charge in [0.15, 0.2) is 23.2 Å². The molecule has 4 atom stereocenters. The molecule has 0 bridgehead atoms. The first-order valence-electron chi connectivity index (χ1n) is 8.76. The molecule has 142 valence electrons. The maximum absolute atomic E-state index is 10.3. The quantitative estimate of drug-likeness (QED) is 0.657. The third-order valence-electron chi connectivity index (χ3n) is 5.13. The molecule has 2 aromatic heterocycles. The predicted octanol–water partition coefficient (Wildman–Crippen LogP) is 1.10. The lowest BCUT2D eigenvalue weighted by Crippen LogP contribution is -2.34. The lowest BCUT2D eigenvalue weighted by Gasteiger charge is -2.20. The Morgan fingerprint density at radius 2 is 2.15 bits per heavy atom. The fourth-order valence-corrected chi connectivity index (χ4v) is 3.95. The lowest BCUT2D eigenvalue weighted by molar-refractivity contribution is -0.0583. The Balaban J connectivity index is 1.71. The Morgan fingerprint density at radius 3 is 2.85 bits per heavy atom. The molecule has 2 aliphatic rings. The largest absolute Gasteiger partial charge is 0.394 e. The van der Waals surface area contributed by atoms with E-state index in [1.54, 1.807) is 10.9 Å². The summed E-state index contributed by atoms with van der Waals surface area (Å²) in [7, 11) is 1.48. The van der Waals surface area contributed by atoms with E-state index in [1.165, 1.54) is 20.0 Å². The molecule has 2 aromatic rings. The van der Waals surface area contributed by atoms with Crippen molar-refractivity contribution in [2.75, 3.05) is 19.0 Å². The predicted molar refractivity (Wildman–Crippen MR) is 94.0 cm³/mol. The van der Waals surface area contributed by atoms with Crippen LogP contribution in [0.3, 0.4) is 0 Å². The second-order valence-electron chi connectivity index (χ2n) is 6.73. The van der Waals surface area contributed by atoms with Crippen molar-refractivity contribution in [1.82, 2.24) is 19.5 Å². The summed E-state index contributed by atoms with van der Waals surface area (Å²) in [4.78, 5) is 13.0. The van der Waals surface area contributed by atoms with Gasteiger partial charge in [0.05, 0.1) is 12.9 Å². The molecule has 26 heavy (non-hydrogen) atoms. The molecule has 1 aliphatic carbocycles. The number of halogens is 1. The van der Waals surface area contributed by atoms with Crippen LogP contribution in [0.4, 0.5) is 5.82 Å². The molecule has 0 spiro atoms. The topological polar surface area (TPSA) is 115 Å². The molecule has 0 aromatic carbocycles. The zero-order chi connectivity index (χ0) is 18.3. The van der Waals surface area contributed by atoms with Gasteiger partial charge >= 0.3 is 0 Å². The molecular weight excluding hydrogens is 362 g/mol. The van der Waals surface area contributed by atoms with Crippen LogP contribution < -0.4 is 5.32 Å². The number of hydrogen-bond donors (Lipinski definition) is 3. The van der Waals surface area contributed by atoms with Crippen LogP contribution in [0.1, 0.15) is 31.9 Å². The highest BCUT2D eigenvalue weighted by atomic mass is 35.5. The van der Waals surface area contributed by atoms with E-state index in [1.807, 2.05) is 0 Å².